The van der Waals surface area contributed by atoms with E-state index in [0.717, 1.165) is 68.1 Å². The first-order chi connectivity index (χ1) is 25.6. The number of fused-ring (bicyclic) bond motifs is 4. The van der Waals surface area contributed by atoms with Crippen LogP contribution < -0.4 is 4.74 Å². The van der Waals surface area contributed by atoms with E-state index < -0.39 is 5.97 Å². The zero-order chi connectivity index (χ0) is 36.7. The molecule has 8 rings (SSSR count). The normalized spacial score (nSPS) is 23.2. The maximum absolute atomic E-state index is 11.2. The number of carboxylic acid groups (broad SMARTS) is 1. The monoisotopic (exact) mass is 711 g/mol. The molecular formula is C46H53N3O4. The van der Waals surface area contributed by atoms with Gasteiger partial charge in [-0.05, 0) is 118 Å². The molecule has 1 saturated heterocycles. The summed E-state index contributed by atoms with van der Waals surface area (Å²) in [6.45, 7) is 13.8. The van der Waals surface area contributed by atoms with Gasteiger partial charge < -0.3 is 19.6 Å². The minimum atomic E-state index is -1.00. The standard InChI is InChI=1S/C46H53N3O4/c1-30(2)32-12-15-39-34(25-32)13-17-41-45(3,18-7-19-46(39,41)4)27-38-37(33-9-5-8-31(24-33)28-49-20-22-52-23-21-49)14-16-40-43(38)48-44(47-40)35-10-6-11-36(26-35)53-29-42(50)51/h5-6,8-12,14-16,24-26,30,41H,7,13,17-23,27-29H2,1-4H3,(H,47,48)(H,50,51)/t41-,45+,46+/m0/s1. The summed E-state index contributed by atoms with van der Waals surface area (Å²) in [6.07, 6.45) is 6.92. The van der Waals surface area contributed by atoms with Gasteiger partial charge in [-0.2, -0.15) is 0 Å². The third-order valence-electron chi connectivity index (χ3n) is 12.7. The van der Waals surface area contributed by atoms with E-state index in [4.69, 9.17) is 14.5 Å². The highest BCUT2D eigenvalue weighted by atomic mass is 16.5. The van der Waals surface area contributed by atoms with E-state index in [1.807, 2.05) is 18.2 Å². The van der Waals surface area contributed by atoms with Crippen LogP contribution in [0, 0.1) is 11.3 Å². The quantitative estimate of drug-likeness (QED) is 0.150. The molecule has 276 valence electrons. The number of morpholine rings is 1. The van der Waals surface area contributed by atoms with Crippen molar-refractivity contribution in [3.63, 3.8) is 0 Å². The number of ether oxygens (including phenoxy) is 2. The molecule has 0 bridgehead atoms. The minimum absolute atomic E-state index is 0.0829. The number of hydrogen-bond acceptors (Lipinski definition) is 5. The highest BCUT2D eigenvalue weighted by molar-refractivity contribution is 5.89. The lowest BCUT2D eigenvalue weighted by molar-refractivity contribution is -0.139. The molecule has 2 fully saturated rings. The number of hydrogen-bond donors (Lipinski definition) is 2. The molecule has 7 nitrogen and oxygen atoms in total. The summed E-state index contributed by atoms with van der Waals surface area (Å²) in [7, 11) is 0. The third-order valence-corrected chi connectivity index (χ3v) is 12.7. The van der Waals surface area contributed by atoms with E-state index in [-0.39, 0.29) is 17.4 Å². The molecule has 1 saturated carbocycles. The molecule has 2 aliphatic carbocycles. The molecule has 4 aromatic carbocycles. The molecule has 1 aromatic heterocycles. The van der Waals surface area contributed by atoms with Crippen LogP contribution >= 0.6 is 0 Å². The Labute approximate surface area is 313 Å². The molecule has 2 heterocycles. The Kier molecular flexibility index (Phi) is 9.67. The number of benzene rings is 4. The van der Waals surface area contributed by atoms with Crippen LogP contribution in [0.5, 0.6) is 5.75 Å². The average Bonchev–Trinajstić information content (AvgIpc) is 3.60. The first-order valence-electron chi connectivity index (χ1n) is 19.6. The maximum Gasteiger partial charge on any atom is 0.341 e. The molecule has 0 spiro atoms. The largest absolute Gasteiger partial charge is 0.482 e. The third kappa shape index (κ3) is 7.02. The summed E-state index contributed by atoms with van der Waals surface area (Å²) in [4.78, 5) is 22.7. The van der Waals surface area contributed by atoms with Gasteiger partial charge in [-0.1, -0.05) is 88.7 Å². The van der Waals surface area contributed by atoms with Crippen LogP contribution in [0.2, 0.25) is 0 Å². The molecule has 0 amide bonds. The van der Waals surface area contributed by atoms with Gasteiger partial charge in [0, 0.05) is 25.2 Å². The van der Waals surface area contributed by atoms with Crippen molar-refractivity contribution in [2.45, 2.75) is 84.1 Å². The lowest BCUT2D eigenvalue weighted by Crippen LogP contribution is -2.50. The van der Waals surface area contributed by atoms with Gasteiger partial charge in [-0.25, -0.2) is 9.78 Å². The zero-order valence-corrected chi connectivity index (χ0v) is 31.7. The number of aliphatic carboxylic acids is 1. The average molecular weight is 712 g/mol. The number of aromatic nitrogens is 2. The van der Waals surface area contributed by atoms with Gasteiger partial charge in [-0.15, -0.1) is 0 Å². The van der Waals surface area contributed by atoms with Crippen molar-refractivity contribution in [2.75, 3.05) is 32.9 Å². The second-order valence-electron chi connectivity index (χ2n) is 16.6. The molecule has 2 N–H and O–H groups in total. The number of aromatic amines is 1. The number of nitrogens with one attached hydrogen (secondary N) is 1. The molecule has 7 heteroatoms. The highest BCUT2D eigenvalue weighted by Crippen LogP contribution is 2.59. The van der Waals surface area contributed by atoms with E-state index in [0.29, 0.717) is 17.6 Å². The SMILES string of the molecule is CC(C)c1ccc2c(c1)CC[C@H]1[C@@](C)(Cc3c(-c4cccc(CN5CCOCC5)c4)ccc4[nH]c(-c5cccc(OCC(=O)O)c5)nc34)CCC[C@]21C. The number of rotatable bonds is 10. The Hall–Kier alpha value is -4.46. The van der Waals surface area contributed by atoms with Crippen LogP contribution in [0.3, 0.4) is 0 Å². The molecule has 0 unspecified atom stereocenters. The predicted octanol–water partition coefficient (Wildman–Crippen LogP) is 9.57. The molecule has 5 aromatic rings. The fourth-order valence-corrected chi connectivity index (χ4v) is 10.1. The van der Waals surface area contributed by atoms with E-state index in [2.05, 4.69) is 92.2 Å². The summed E-state index contributed by atoms with van der Waals surface area (Å²) in [6, 6.07) is 28.5. The van der Waals surface area contributed by atoms with Crippen molar-refractivity contribution in [3.8, 4) is 28.3 Å². The van der Waals surface area contributed by atoms with Crippen molar-refractivity contribution in [3.05, 3.63) is 107 Å². The minimum Gasteiger partial charge on any atom is -0.482 e. The van der Waals surface area contributed by atoms with Crippen molar-refractivity contribution >= 4 is 17.0 Å². The number of carboxylic acids is 1. The predicted molar refractivity (Wildman–Crippen MR) is 212 cm³/mol. The Balaban J connectivity index is 1.21. The van der Waals surface area contributed by atoms with E-state index in [1.54, 1.807) is 17.2 Å². The van der Waals surface area contributed by atoms with Gasteiger partial charge in [0.1, 0.15) is 11.6 Å². The van der Waals surface area contributed by atoms with Crippen LogP contribution in [-0.2, 0) is 34.3 Å². The van der Waals surface area contributed by atoms with E-state index in [1.165, 1.54) is 53.5 Å². The van der Waals surface area contributed by atoms with E-state index >= 15 is 0 Å². The van der Waals surface area contributed by atoms with Gasteiger partial charge in [0.15, 0.2) is 6.61 Å². The summed E-state index contributed by atoms with van der Waals surface area (Å²) in [5, 5.41) is 9.18. The van der Waals surface area contributed by atoms with Crippen LogP contribution in [0.1, 0.15) is 87.1 Å². The summed E-state index contributed by atoms with van der Waals surface area (Å²) in [5.74, 6) is 1.35. The van der Waals surface area contributed by atoms with Gasteiger partial charge in [-0.3, -0.25) is 4.90 Å². The molecule has 53 heavy (non-hydrogen) atoms. The molecule has 1 aliphatic heterocycles. The van der Waals surface area contributed by atoms with Crippen LogP contribution in [0.15, 0.2) is 78.9 Å². The lowest BCUT2D eigenvalue weighted by atomic mass is 9.48. The first kappa shape index (κ1) is 35.6. The zero-order valence-electron chi connectivity index (χ0n) is 31.7. The fourth-order valence-electron chi connectivity index (χ4n) is 10.1. The Bertz CT molecular complexity index is 2130. The molecular weight excluding hydrogens is 659 g/mol. The van der Waals surface area contributed by atoms with Crippen LogP contribution in [0.25, 0.3) is 33.5 Å². The molecule has 3 aliphatic rings. The maximum atomic E-state index is 11.2. The fraction of sp³-hybridized carbons (Fsp3) is 0.435. The van der Waals surface area contributed by atoms with Gasteiger partial charge in [0.05, 0.1) is 24.2 Å². The lowest BCUT2D eigenvalue weighted by Gasteiger charge is -2.56. The number of aryl methyl sites for hydroxylation is 1. The number of carbonyl (C=O) groups is 1. The summed E-state index contributed by atoms with van der Waals surface area (Å²) >= 11 is 0. The first-order valence-corrected chi connectivity index (χ1v) is 19.6. The highest BCUT2D eigenvalue weighted by Gasteiger charge is 2.52. The number of nitrogens with zero attached hydrogens (tertiary/aromatic N) is 2. The van der Waals surface area contributed by atoms with Crippen molar-refractivity contribution in [2.24, 2.45) is 11.3 Å². The Morgan fingerprint density at radius 2 is 1.81 bits per heavy atom. The van der Waals surface area contributed by atoms with Gasteiger partial charge in [0.2, 0.25) is 0 Å². The molecule has 3 atom stereocenters. The summed E-state index contributed by atoms with van der Waals surface area (Å²) < 4.78 is 11.2. The van der Waals surface area contributed by atoms with Crippen molar-refractivity contribution < 1.29 is 19.4 Å². The Morgan fingerprint density at radius 3 is 2.62 bits per heavy atom. The molecule has 0 radical (unpaired) electrons. The number of H-pyrrole nitrogens is 1. The van der Waals surface area contributed by atoms with Crippen LogP contribution in [0.4, 0.5) is 0 Å². The van der Waals surface area contributed by atoms with E-state index in [9.17, 15) is 9.90 Å². The van der Waals surface area contributed by atoms with Crippen molar-refractivity contribution in [1.29, 1.82) is 0 Å². The van der Waals surface area contributed by atoms with Gasteiger partial charge in [0.25, 0.3) is 0 Å². The Morgan fingerprint density at radius 1 is 1.00 bits per heavy atom. The van der Waals surface area contributed by atoms with Crippen molar-refractivity contribution in [1.82, 2.24) is 14.9 Å². The smallest absolute Gasteiger partial charge is 0.341 e. The topological polar surface area (TPSA) is 87.7 Å². The van der Waals surface area contributed by atoms with Gasteiger partial charge >= 0.3 is 5.97 Å². The van der Waals surface area contributed by atoms with Crippen LogP contribution in [-0.4, -0.2) is 58.9 Å². The second kappa shape index (κ2) is 14.4. The summed E-state index contributed by atoms with van der Waals surface area (Å²) in [5.41, 5.74) is 12.8. The second-order valence-corrected chi connectivity index (χ2v) is 16.6. The number of imidazole rings is 1.